The fourth-order valence-electron chi connectivity index (χ4n) is 2.15. The molecule has 0 aliphatic rings. The van der Waals surface area contributed by atoms with E-state index in [9.17, 15) is 10.2 Å². The summed E-state index contributed by atoms with van der Waals surface area (Å²) in [6, 6.07) is 9.92. The van der Waals surface area contributed by atoms with Crippen molar-refractivity contribution in [2.75, 3.05) is 19.5 Å². The van der Waals surface area contributed by atoms with E-state index >= 15 is 0 Å². The van der Waals surface area contributed by atoms with E-state index in [0.29, 0.717) is 17.1 Å². The van der Waals surface area contributed by atoms with Gasteiger partial charge in [-0.1, -0.05) is 0 Å². The van der Waals surface area contributed by atoms with Crippen molar-refractivity contribution in [3.05, 3.63) is 42.0 Å². The first-order chi connectivity index (χ1) is 10.0. The Kier molecular flexibility index (Phi) is 4.42. The third-order valence-corrected chi connectivity index (χ3v) is 3.25. The van der Waals surface area contributed by atoms with Gasteiger partial charge >= 0.3 is 0 Å². The highest BCUT2D eigenvalue weighted by molar-refractivity contribution is 5.56. The van der Waals surface area contributed by atoms with Crippen molar-refractivity contribution in [2.45, 2.75) is 13.0 Å². The average molecular weight is 289 g/mol. The number of benzene rings is 2. The molecule has 2 aromatic rings. The van der Waals surface area contributed by atoms with Gasteiger partial charge in [0.25, 0.3) is 0 Å². The molecule has 1 atom stereocenters. The molecule has 0 amide bonds. The summed E-state index contributed by atoms with van der Waals surface area (Å²) in [5.74, 6) is 1.37. The zero-order valence-electron chi connectivity index (χ0n) is 12.3. The van der Waals surface area contributed by atoms with Crippen molar-refractivity contribution in [1.29, 1.82) is 0 Å². The van der Waals surface area contributed by atoms with Crippen LogP contribution in [0.3, 0.4) is 0 Å². The second kappa shape index (κ2) is 6.26. The zero-order chi connectivity index (χ0) is 15.4. The van der Waals surface area contributed by atoms with Crippen LogP contribution < -0.4 is 14.8 Å². The second-order valence-corrected chi connectivity index (χ2v) is 4.68. The van der Waals surface area contributed by atoms with E-state index in [4.69, 9.17) is 9.47 Å². The summed E-state index contributed by atoms with van der Waals surface area (Å²) in [5, 5.41) is 22.5. The Morgan fingerprint density at radius 3 is 2.29 bits per heavy atom. The topological polar surface area (TPSA) is 71.0 Å². The molecule has 5 nitrogen and oxygen atoms in total. The third kappa shape index (κ3) is 3.31. The lowest BCUT2D eigenvalue weighted by molar-refractivity contribution is 0.355. The van der Waals surface area contributed by atoms with Crippen LogP contribution in [-0.2, 0) is 0 Å². The molecule has 0 heterocycles. The van der Waals surface area contributed by atoms with Crippen LogP contribution in [0, 0.1) is 0 Å². The van der Waals surface area contributed by atoms with E-state index < -0.39 is 0 Å². The van der Waals surface area contributed by atoms with Gasteiger partial charge in [0.15, 0.2) is 11.5 Å². The normalized spacial score (nSPS) is 11.8. The molecule has 2 rings (SSSR count). The Balaban J connectivity index is 2.21. The highest BCUT2D eigenvalue weighted by Crippen LogP contribution is 2.33. The molecule has 0 fully saturated rings. The Bertz CT molecular complexity index is 628. The Morgan fingerprint density at radius 2 is 1.67 bits per heavy atom. The fraction of sp³-hybridized carbons (Fsp3) is 0.250. The molecular weight excluding hydrogens is 270 g/mol. The minimum absolute atomic E-state index is 0.0366. The lowest BCUT2D eigenvalue weighted by Gasteiger charge is -2.18. The Hall–Kier alpha value is -2.56. The zero-order valence-corrected chi connectivity index (χ0v) is 12.3. The average Bonchev–Trinajstić information content (AvgIpc) is 2.46. The molecule has 112 valence electrons. The summed E-state index contributed by atoms with van der Waals surface area (Å²) < 4.78 is 10.4. The van der Waals surface area contributed by atoms with Gasteiger partial charge in [-0.3, -0.25) is 0 Å². The number of methoxy groups -OCH3 is 2. The first-order valence-electron chi connectivity index (χ1n) is 6.55. The highest BCUT2D eigenvalue weighted by atomic mass is 16.5. The number of ether oxygens (including phenoxy) is 2. The van der Waals surface area contributed by atoms with E-state index in [1.807, 2.05) is 25.1 Å². The van der Waals surface area contributed by atoms with Crippen molar-refractivity contribution in [3.8, 4) is 23.0 Å². The van der Waals surface area contributed by atoms with Crippen molar-refractivity contribution in [1.82, 2.24) is 0 Å². The molecule has 0 aliphatic carbocycles. The van der Waals surface area contributed by atoms with Crippen molar-refractivity contribution < 1.29 is 19.7 Å². The molecule has 5 heteroatoms. The summed E-state index contributed by atoms with van der Waals surface area (Å²) in [7, 11) is 3.17. The maximum absolute atomic E-state index is 9.88. The molecule has 0 radical (unpaired) electrons. The monoisotopic (exact) mass is 289 g/mol. The summed E-state index contributed by atoms with van der Waals surface area (Å²) in [6.07, 6.45) is 0. The predicted molar refractivity (Wildman–Crippen MR) is 81.4 cm³/mol. The molecule has 0 aliphatic heterocycles. The van der Waals surface area contributed by atoms with Gasteiger partial charge in [-0.2, -0.15) is 0 Å². The van der Waals surface area contributed by atoms with E-state index in [2.05, 4.69) is 5.32 Å². The van der Waals surface area contributed by atoms with E-state index in [0.717, 1.165) is 5.69 Å². The summed E-state index contributed by atoms with van der Waals surface area (Å²) in [6.45, 7) is 1.92. The number of rotatable bonds is 5. The number of hydrogen-bond acceptors (Lipinski definition) is 5. The SMILES string of the molecule is COc1ccc(NC(C)c2ccc(O)cc2O)cc1OC. The van der Waals surface area contributed by atoms with Gasteiger partial charge < -0.3 is 25.0 Å². The van der Waals surface area contributed by atoms with Crippen LogP contribution in [0.1, 0.15) is 18.5 Å². The minimum Gasteiger partial charge on any atom is -0.508 e. The summed E-state index contributed by atoms with van der Waals surface area (Å²) >= 11 is 0. The predicted octanol–water partition coefficient (Wildman–Crippen LogP) is 3.29. The Morgan fingerprint density at radius 1 is 0.952 bits per heavy atom. The molecule has 1 unspecified atom stereocenters. The van der Waals surface area contributed by atoms with Gasteiger partial charge in [0.1, 0.15) is 11.5 Å². The van der Waals surface area contributed by atoms with Crippen LogP contribution in [0.5, 0.6) is 23.0 Å². The van der Waals surface area contributed by atoms with Crippen LogP contribution in [0.4, 0.5) is 5.69 Å². The fourth-order valence-corrected chi connectivity index (χ4v) is 2.15. The first-order valence-corrected chi connectivity index (χ1v) is 6.55. The molecule has 0 bridgehead atoms. The van der Waals surface area contributed by atoms with E-state index in [1.165, 1.54) is 6.07 Å². The van der Waals surface area contributed by atoms with Gasteiger partial charge in [0, 0.05) is 23.4 Å². The quantitative estimate of drug-likeness (QED) is 0.788. The van der Waals surface area contributed by atoms with Gasteiger partial charge in [-0.15, -0.1) is 0 Å². The second-order valence-electron chi connectivity index (χ2n) is 4.68. The molecule has 0 saturated heterocycles. The molecule has 2 aromatic carbocycles. The van der Waals surface area contributed by atoms with Gasteiger partial charge in [-0.25, -0.2) is 0 Å². The largest absolute Gasteiger partial charge is 0.508 e. The van der Waals surface area contributed by atoms with Crippen molar-refractivity contribution in [3.63, 3.8) is 0 Å². The lowest BCUT2D eigenvalue weighted by Crippen LogP contribution is -2.07. The van der Waals surface area contributed by atoms with Gasteiger partial charge in [0.2, 0.25) is 0 Å². The highest BCUT2D eigenvalue weighted by Gasteiger charge is 2.12. The van der Waals surface area contributed by atoms with Crippen LogP contribution in [0.15, 0.2) is 36.4 Å². The van der Waals surface area contributed by atoms with Crippen LogP contribution in [-0.4, -0.2) is 24.4 Å². The number of hydrogen-bond donors (Lipinski definition) is 3. The maximum atomic E-state index is 9.88. The first kappa shape index (κ1) is 14.8. The van der Waals surface area contributed by atoms with Gasteiger partial charge in [0.05, 0.1) is 20.3 Å². The number of aromatic hydroxyl groups is 2. The van der Waals surface area contributed by atoms with Gasteiger partial charge in [-0.05, 0) is 31.2 Å². The van der Waals surface area contributed by atoms with Crippen molar-refractivity contribution >= 4 is 5.69 Å². The molecule has 0 spiro atoms. The molecule has 0 aromatic heterocycles. The third-order valence-electron chi connectivity index (χ3n) is 3.25. The number of anilines is 1. The molecule has 0 saturated carbocycles. The minimum atomic E-state index is -0.135. The van der Waals surface area contributed by atoms with E-state index in [-0.39, 0.29) is 17.5 Å². The summed E-state index contributed by atoms with van der Waals surface area (Å²) in [4.78, 5) is 0. The maximum Gasteiger partial charge on any atom is 0.162 e. The number of phenols is 2. The molecule has 21 heavy (non-hydrogen) atoms. The van der Waals surface area contributed by atoms with E-state index in [1.54, 1.807) is 26.4 Å². The van der Waals surface area contributed by atoms with Crippen molar-refractivity contribution in [2.24, 2.45) is 0 Å². The Labute approximate surface area is 123 Å². The van der Waals surface area contributed by atoms with Crippen LogP contribution in [0.2, 0.25) is 0 Å². The standard InChI is InChI=1S/C16H19NO4/c1-10(13-6-5-12(18)9-14(13)19)17-11-4-7-15(20-2)16(8-11)21-3/h4-10,17-19H,1-3H3. The van der Waals surface area contributed by atoms with Crippen LogP contribution >= 0.6 is 0 Å². The lowest BCUT2D eigenvalue weighted by atomic mass is 10.1. The molecule has 3 N–H and O–H groups in total. The number of phenolic OH excluding ortho intramolecular Hbond substituents is 2. The van der Waals surface area contributed by atoms with Crippen LogP contribution in [0.25, 0.3) is 0 Å². The molecular formula is C16H19NO4. The summed E-state index contributed by atoms with van der Waals surface area (Å²) in [5.41, 5.74) is 1.54. The smallest absolute Gasteiger partial charge is 0.162 e. The number of nitrogens with one attached hydrogen (secondary N) is 1.